The molecule has 1 unspecified atom stereocenters. The van der Waals surface area contributed by atoms with E-state index in [1.54, 1.807) is 36.4 Å². The number of methoxy groups -OCH3 is 1. The summed E-state index contributed by atoms with van der Waals surface area (Å²) in [6.07, 6.45) is 0. The molecule has 1 atom stereocenters. The molecular weight excluding hydrogens is 402 g/mol. The molecule has 2 aliphatic rings. The summed E-state index contributed by atoms with van der Waals surface area (Å²) >= 11 is 0. The molecule has 158 valence electrons. The normalized spacial score (nSPS) is 20.2. The summed E-state index contributed by atoms with van der Waals surface area (Å²) in [7, 11) is 1.52. The Morgan fingerprint density at radius 2 is 2.00 bits per heavy atom. The van der Waals surface area contributed by atoms with Crippen LogP contribution in [0.25, 0.3) is 11.0 Å². The van der Waals surface area contributed by atoms with Gasteiger partial charge in [-0.05, 0) is 35.4 Å². The van der Waals surface area contributed by atoms with Crippen molar-refractivity contribution in [3.63, 3.8) is 0 Å². The fraction of sp³-hybridized carbons (Fsp3) is 0.227. The highest BCUT2D eigenvalue weighted by Crippen LogP contribution is 2.35. The van der Waals surface area contributed by atoms with Gasteiger partial charge in [-0.3, -0.25) is 14.9 Å². The van der Waals surface area contributed by atoms with Gasteiger partial charge in [-0.2, -0.15) is 0 Å². The molecular formula is C22H19N3O6. The second-order valence-electron chi connectivity index (χ2n) is 7.64. The number of aliphatic hydroxyl groups excluding tert-OH is 1. The van der Waals surface area contributed by atoms with Gasteiger partial charge in [0.25, 0.3) is 11.8 Å². The van der Waals surface area contributed by atoms with Crippen molar-refractivity contribution in [2.24, 2.45) is 0 Å². The summed E-state index contributed by atoms with van der Waals surface area (Å²) in [4.78, 5) is 39.5. The molecule has 2 aliphatic heterocycles. The number of fused-ring (bicyclic) bond motifs is 2. The number of nitrogens with zero attached hydrogens (tertiary/aromatic N) is 1. The number of rotatable bonds is 5. The van der Waals surface area contributed by atoms with Gasteiger partial charge in [-0.15, -0.1) is 0 Å². The van der Waals surface area contributed by atoms with Gasteiger partial charge in [0.1, 0.15) is 17.1 Å². The van der Waals surface area contributed by atoms with Crippen LogP contribution in [-0.4, -0.2) is 41.5 Å². The van der Waals surface area contributed by atoms with E-state index >= 15 is 0 Å². The van der Waals surface area contributed by atoms with Crippen LogP contribution in [-0.2, 0) is 23.5 Å². The van der Waals surface area contributed by atoms with Crippen LogP contribution in [0, 0.1) is 0 Å². The van der Waals surface area contributed by atoms with Gasteiger partial charge in [0.15, 0.2) is 5.54 Å². The van der Waals surface area contributed by atoms with Crippen LogP contribution in [0.1, 0.15) is 27.2 Å². The number of hydrogen-bond acceptors (Lipinski definition) is 6. The molecule has 1 aromatic heterocycles. The fourth-order valence-electron chi connectivity index (χ4n) is 4.12. The van der Waals surface area contributed by atoms with Gasteiger partial charge >= 0.3 is 6.03 Å². The topological polar surface area (TPSA) is 121 Å². The first-order valence-corrected chi connectivity index (χ1v) is 9.67. The highest BCUT2D eigenvalue weighted by Gasteiger charge is 2.53. The molecule has 31 heavy (non-hydrogen) atoms. The van der Waals surface area contributed by atoms with Gasteiger partial charge in [0.05, 0.1) is 20.3 Å². The van der Waals surface area contributed by atoms with Crippen molar-refractivity contribution in [2.75, 3.05) is 13.7 Å². The number of aliphatic hydroxyl groups is 1. The summed E-state index contributed by atoms with van der Waals surface area (Å²) in [6, 6.07) is 11.4. The van der Waals surface area contributed by atoms with Crippen molar-refractivity contribution in [3.05, 3.63) is 64.9 Å². The molecule has 3 heterocycles. The minimum Gasteiger partial charge on any atom is -0.497 e. The molecule has 3 N–H and O–H groups in total. The minimum atomic E-state index is -1.57. The van der Waals surface area contributed by atoms with E-state index in [-0.39, 0.29) is 31.4 Å². The quantitative estimate of drug-likeness (QED) is 0.539. The number of furan rings is 1. The van der Waals surface area contributed by atoms with Gasteiger partial charge in [0, 0.05) is 17.5 Å². The molecule has 1 saturated heterocycles. The minimum absolute atomic E-state index is 0.104. The number of nitrogens with one attached hydrogen (secondary N) is 2. The molecule has 1 fully saturated rings. The largest absolute Gasteiger partial charge is 0.497 e. The second kappa shape index (κ2) is 6.85. The van der Waals surface area contributed by atoms with E-state index in [0.29, 0.717) is 27.8 Å². The third-order valence-corrected chi connectivity index (χ3v) is 5.75. The summed E-state index contributed by atoms with van der Waals surface area (Å²) in [5, 5.41) is 15.0. The molecule has 0 bridgehead atoms. The van der Waals surface area contributed by atoms with Crippen molar-refractivity contribution in [1.29, 1.82) is 0 Å². The zero-order valence-electron chi connectivity index (χ0n) is 16.6. The molecule has 4 amide bonds. The average molecular weight is 421 g/mol. The third-order valence-electron chi connectivity index (χ3n) is 5.75. The number of carbonyl (C=O) groups is 3. The first kappa shape index (κ1) is 19.1. The molecule has 0 spiro atoms. The number of hydrogen-bond donors (Lipinski definition) is 3. The molecule has 9 heteroatoms. The number of amides is 4. The first-order chi connectivity index (χ1) is 14.9. The summed E-state index contributed by atoms with van der Waals surface area (Å²) in [6.45, 7) is 0.0311. The lowest BCUT2D eigenvalue weighted by atomic mass is 9.95. The number of ether oxygens (including phenoxy) is 1. The molecule has 0 aliphatic carbocycles. The van der Waals surface area contributed by atoms with Crippen LogP contribution in [0.15, 0.2) is 46.9 Å². The SMILES string of the molecule is COc1ccc2c(c1)C(=O)N(CC1(c3cc4ccc(CO)cc4o3)NC(=O)NC1=O)C2. The maximum Gasteiger partial charge on any atom is 0.322 e. The van der Waals surface area contributed by atoms with Crippen LogP contribution in [0.2, 0.25) is 0 Å². The molecule has 5 rings (SSSR count). The van der Waals surface area contributed by atoms with Crippen molar-refractivity contribution in [3.8, 4) is 5.75 Å². The molecule has 0 saturated carbocycles. The van der Waals surface area contributed by atoms with Crippen molar-refractivity contribution < 1.29 is 28.6 Å². The van der Waals surface area contributed by atoms with Gasteiger partial charge in [-0.1, -0.05) is 18.2 Å². The van der Waals surface area contributed by atoms with Crippen molar-refractivity contribution in [2.45, 2.75) is 18.7 Å². The highest BCUT2D eigenvalue weighted by molar-refractivity contribution is 6.08. The standard InChI is InChI=1S/C22H19N3O6/c1-30-15-5-4-14-9-25(19(27)16(14)8-15)11-22(20(28)23-21(29)24-22)18-7-13-3-2-12(10-26)6-17(13)31-18/h2-8,26H,9-11H2,1H3,(H2,23,24,28,29). The predicted molar refractivity (Wildman–Crippen MR) is 108 cm³/mol. The van der Waals surface area contributed by atoms with E-state index < -0.39 is 17.5 Å². The van der Waals surface area contributed by atoms with Gasteiger partial charge in [0.2, 0.25) is 0 Å². The Balaban J connectivity index is 1.54. The molecule has 0 radical (unpaired) electrons. The lowest BCUT2D eigenvalue weighted by molar-refractivity contribution is -0.125. The Kier molecular flexibility index (Phi) is 4.23. The average Bonchev–Trinajstić information content (AvgIpc) is 3.41. The Morgan fingerprint density at radius 1 is 1.16 bits per heavy atom. The van der Waals surface area contributed by atoms with Gasteiger partial charge in [-0.25, -0.2) is 4.79 Å². The maximum atomic E-state index is 13.0. The summed E-state index contributed by atoms with van der Waals surface area (Å²) in [5.41, 5.74) is 0.855. The Morgan fingerprint density at radius 3 is 2.71 bits per heavy atom. The monoisotopic (exact) mass is 421 g/mol. The fourth-order valence-corrected chi connectivity index (χ4v) is 4.12. The number of urea groups is 1. The lowest BCUT2D eigenvalue weighted by Crippen LogP contribution is -2.52. The predicted octanol–water partition coefficient (Wildman–Crippen LogP) is 1.62. The van der Waals surface area contributed by atoms with Crippen LogP contribution < -0.4 is 15.4 Å². The third kappa shape index (κ3) is 2.93. The van der Waals surface area contributed by atoms with Crippen LogP contribution >= 0.6 is 0 Å². The van der Waals surface area contributed by atoms with Crippen LogP contribution in [0.3, 0.4) is 0 Å². The first-order valence-electron chi connectivity index (χ1n) is 9.67. The van der Waals surface area contributed by atoms with Crippen molar-refractivity contribution >= 4 is 28.8 Å². The highest BCUT2D eigenvalue weighted by atomic mass is 16.5. The summed E-state index contributed by atoms with van der Waals surface area (Å²) < 4.78 is 11.1. The smallest absolute Gasteiger partial charge is 0.322 e. The Hall–Kier alpha value is -3.85. The number of imide groups is 1. The van der Waals surface area contributed by atoms with E-state index in [9.17, 15) is 19.5 Å². The maximum absolute atomic E-state index is 13.0. The Bertz CT molecular complexity index is 1250. The Labute approximate surface area is 176 Å². The van der Waals surface area contributed by atoms with Crippen molar-refractivity contribution in [1.82, 2.24) is 15.5 Å². The van der Waals surface area contributed by atoms with E-state index in [2.05, 4.69) is 10.6 Å². The summed E-state index contributed by atoms with van der Waals surface area (Å²) in [5.74, 6) is -0.0870. The van der Waals surface area contributed by atoms with E-state index in [0.717, 1.165) is 5.56 Å². The second-order valence-corrected chi connectivity index (χ2v) is 7.64. The van der Waals surface area contributed by atoms with Gasteiger partial charge < -0.3 is 24.5 Å². The molecule has 9 nitrogen and oxygen atoms in total. The zero-order chi connectivity index (χ0) is 21.8. The van der Waals surface area contributed by atoms with Crippen LogP contribution in [0.5, 0.6) is 5.75 Å². The van der Waals surface area contributed by atoms with E-state index in [4.69, 9.17) is 9.15 Å². The van der Waals surface area contributed by atoms with E-state index in [1.807, 2.05) is 6.07 Å². The van der Waals surface area contributed by atoms with E-state index in [1.165, 1.54) is 12.0 Å². The van der Waals surface area contributed by atoms with Crippen LogP contribution in [0.4, 0.5) is 4.79 Å². The molecule has 2 aromatic carbocycles. The number of carbonyl (C=O) groups excluding carboxylic acids is 3. The molecule has 3 aromatic rings. The number of benzene rings is 2. The lowest BCUT2D eigenvalue weighted by Gasteiger charge is -2.29. The zero-order valence-corrected chi connectivity index (χ0v) is 16.6.